The van der Waals surface area contributed by atoms with E-state index in [1.807, 2.05) is 6.92 Å². The summed E-state index contributed by atoms with van der Waals surface area (Å²) in [5.74, 6) is -0.348. The molecule has 0 amide bonds. The zero-order valence-electron chi connectivity index (χ0n) is 7.40. The van der Waals surface area contributed by atoms with Crippen LogP contribution in [-0.4, -0.2) is 42.0 Å². The Hall–Kier alpha value is 0.300. The summed E-state index contributed by atoms with van der Waals surface area (Å²) in [5.41, 5.74) is 0. The molecule has 2 N–H and O–H groups in total. The second-order valence-corrected chi connectivity index (χ2v) is 3.87. The van der Waals surface area contributed by atoms with Gasteiger partial charge in [-0.15, -0.1) is 23.2 Å². The van der Waals surface area contributed by atoms with E-state index in [0.717, 1.165) is 4.90 Å². The van der Waals surface area contributed by atoms with Crippen LogP contribution in [0.4, 0.5) is 0 Å². The molecule has 2 unspecified atom stereocenters. The lowest BCUT2D eigenvalue weighted by Gasteiger charge is -2.16. The van der Waals surface area contributed by atoms with Crippen molar-refractivity contribution in [3.8, 4) is 0 Å². The number of halogens is 3. The van der Waals surface area contributed by atoms with Crippen LogP contribution in [0, 0.1) is 0 Å². The van der Waals surface area contributed by atoms with E-state index in [-0.39, 0.29) is 24.3 Å². The molecule has 0 aliphatic rings. The van der Waals surface area contributed by atoms with E-state index < -0.39 is 5.97 Å². The molecule has 2 atom stereocenters. The molecule has 0 aromatic heterocycles. The van der Waals surface area contributed by atoms with E-state index in [1.165, 1.54) is 0 Å². The van der Waals surface area contributed by atoms with Crippen molar-refractivity contribution in [2.45, 2.75) is 12.3 Å². The zero-order chi connectivity index (χ0) is 9.56. The maximum Gasteiger partial charge on any atom is 0.359 e. The number of hydrogen-bond acceptors (Lipinski definition) is 1. The van der Waals surface area contributed by atoms with Gasteiger partial charge in [-0.2, -0.15) is 0 Å². The Morgan fingerprint density at radius 2 is 2.15 bits per heavy atom. The number of aliphatic carboxylic acids is 1. The van der Waals surface area contributed by atoms with Gasteiger partial charge in [0.15, 0.2) is 6.54 Å². The summed E-state index contributed by atoms with van der Waals surface area (Å²) in [6.07, 6.45) is 0. The van der Waals surface area contributed by atoms with Gasteiger partial charge in [0.05, 0.1) is 24.3 Å². The molecule has 0 aromatic rings. The van der Waals surface area contributed by atoms with E-state index >= 15 is 0 Å². The van der Waals surface area contributed by atoms with Crippen LogP contribution in [0.2, 0.25) is 0 Å². The fourth-order valence-corrected chi connectivity index (χ4v) is 1.49. The minimum atomic E-state index is -0.813. The van der Waals surface area contributed by atoms with Crippen LogP contribution in [0.15, 0.2) is 0 Å². The second kappa shape index (κ2) is 8.88. The maximum atomic E-state index is 10.4. The van der Waals surface area contributed by atoms with Crippen molar-refractivity contribution in [2.24, 2.45) is 0 Å². The van der Waals surface area contributed by atoms with Gasteiger partial charge in [0.25, 0.3) is 0 Å². The number of carboxylic acid groups (broad SMARTS) is 1. The van der Waals surface area contributed by atoms with Crippen LogP contribution in [0.1, 0.15) is 6.92 Å². The van der Waals surface area contributed by atoms with Crippen LogP contribution in [-0.2, 0) is 4.79 Å². The largest absolute Gasteiger partial charge is 1.00 e. The zero-order valence-corrected chi connectivity index (χ0v) is 9.66. The van der Waals surface area contributed by atoms with Gasteiger partial charge in [-0.05, 0) is 6.92 Å². The topological polar surface area (TPSA) is 41.7 Å². The summed E-state index contributed by atoms with van der Waals surface area (Å²) >= 11 is 11.2. The fourth-order valence-electron chi connectivity index (χ4n) is 1.01. The van der Waals surface area contributed by atoms with E-state index in [2.05, 4.69) is 0 Å². The van der Waals surface area contributed by atoms with Crippen molar-refractivity contribution >= 4 is 29.2 Å². The molecule has 80 valence electrons. The monoisotopic (exact) mass is 249 g/mol. The van der Waals surface area contributed by atoms with E-state index in [0.29, 0.717) is 19.0 Å². The lowest BCUT2D eigenvalue weighted by molar-refractivity contribution is -0.889. The smallest absolute Gasteiger partial charge is 0.359 e. The molecule has 0 aromatic carbocycles. The first-order valence-electron chi connectivity index (χ1n) is 3.81. The average molecular weight is 251 g/mol. The summed E-state index contributed by atoms with van der Waals surface area (Å²) in [6, 6.07) is 0. The van der Waals surface area contributed by atoms with Crippen LogP contribution >= 0.6 is 23.2 Å². The highest BCUT2D eigenvalue weighted by molar-refractivity contribution is 6.20. The minimum absolute atomic E-state index is 0. The molecule has 0 aliphatic heterocycles. The SMILES string of the molecule is CC(Cl)C[NH+](CCCl)CC(=O)O.[Cl-]. The molecule has 3 nitrogen and oxygen atoms in total. The molecule has 0 aliphatic carbocycles. The third kappa shape index (κ3) is 10.2. The van der Waals surface area contributed by atoms with Gasteiger partial charge in [0.2, 0.25) is 0 Å². The Balaban J connectivity index is 0. The Labute approximate surface area is 94.4 Å². The van der Waals surface area contributed by atoms with Crippen LogP contribution < -0.4 is 17.3 Å². The van der Waals surface area contributed by atoms with Crippen LogP contribution in [0.5, 0.6) is 0 Å². The van der Waals surface area contributed by atoms with Crippen LogP contribution in [0.3, 0.4) is 0 Å². The number of carbonyl (C=O) groups is 1. The summed E-state index contributed by atoms with van der Waals surface area (Å²) in [6.45, 7) is 3.22. The molecule has 0 heterocycles. The molecule has 6 heteroatoms. The molecule has 0 saturated heterocycles. The van der Waals surface area contributed by atoms with Crippen molar-refractivity contribution in [3.05, 3.63) is 0 Å². The van der Waals surface area contributed by atoms with Crippen molar-refractivity contribution < 1.29 is 27.2 Å². The summed E-state index contributed by atoms with van der Waals surface area (Å²) in [7, 11) is 0. The number of alkyl halides is 2. The predicted molar refractivity (Wildman–Crippen MR) is 49.2 cm³/mol. The summed E-state index contributed by atoms with van der Waals surface area (Å²) in [4.78, 5) is 11.3. The van der Waals surface area contributed by atoms with Gasteiger partial charge in [-0.3, -0.25) is 0 Å². The quantitative estimate of drug-likeness (QED) is 0.489. The molecular formula is C7H14Cl3NO2. The first kappa shape index (κ1) is 15.8. The minimum Gasteiger partial charge on any atom is -1.00 e. The Morgan fingerprint density at radius 1 is 1.62 bits per heavy atom. The second-order valence-electron chi connectivity index (χ2n) is 2.74. The molecule has 0 radical (unpaired) electrons. The van der Waals surface area contributed by atoms with Gasteiger partial charge in [0, 0.05) is 0 Å². The lowest BCUT2D eigenvalue weighted by atomic mass is 10.4. The third-order valence-electron chi connectivity index (χ3n) is 1.42. The highest BCUT2D eigenvalue weighted by Gasteiger charge is 2.14. The summed E-state index contributed by atoms with van der Waals surface area (Å²) in [5, 5.41) is 8.50. The molecule has 13 heavy (non-hydrogen) atoms. The summed E-state index contributed by atoms with van der Waals surface area (Å²) < 4.78 is 0. The van der Waals surface area contributed by atoms with Gasteiger partial charge >= 0.3 is 5.97 Å². The average Bonchev–Trinajstić information content (AvgIpc) is 1.84. The highest BCUT2D eigenvalue weighted by atomic mass is 35.5. The Bertz CT molecular complexity index is 144. The molecule has 0 saturated carbocycles. The van der Waals surface area contributed by atoms with E-state index in [1.54, 1.807) is 0 Å². The molecule has 0 bridgehead atoms. The number of hydrogen-bond donors (Lipinski definition) is 2. The Morgan fingerprint density at radius 3 is 2.46 bits per heavy atom. The van der Waals surface area contributed by atoms with Crippen LogP contribution in [0.25, 0.3) is 0 Å². The number of rotatable bonds is 6. The lowest BCUT2D eigenvalue weighted by Crippen LogP contribution is -3.14. The van der Waals surface area contributed by atoms with E-state index in [9.17, 15) is 4.79 Å². The molecule has 0 rings (SSSR count). The highest BCUT2D eigenvalue weighted by Crippen LogP contribution is 1.86. The van der Waals surface area contributed by atoms with E-state index in [4.69, 9.17) is 28.3 Å². The van der Waals surface area contributed by atoms with Crippen molar-refractivity contribution in [1.29, 1.82) is 0 Å². The standard InChI is InChI=1S/C7H13Cl2NO2.ClH/c1-6(9)4-10(3-2-8)5-7(11)12;/h6H,2-5H2,1H3,(H,11,12);1H. The van der Waals surface area contributed by atoms with Gasteiger partial charge in [-0.1, -0.05) is 0 Å². The van der Waals surface area contributed by atoms with Gasteiger partial charge in [0.1, 0.15) is 0 Å². The number of quaternary nitrogens is 1. The van der Waals surface area contributed by atoms with Crippen molar-refractivity contribution in [1.82, 2.24) is 0 Å². The van der Waals surface area contributed by atoms with Crippen molar-refractivity contribution in [3.63, 3.8) is 0 Å². The normalized spacial score (nSPS) is 14.4. The first-order valence-corrected chi connectivity index (χ1v) is 4.78. The van der Waals surface area contributed by atoms with Gasteiger partial charge in [-0.25, -0.2) is 4.79 Å². The molecular weight excluding hydrogens is 236 g/mol. The third-order valence-corrected chi connectivity index (χ3v) is 1.76. The predicted octanol–water partition coefficient (Wildman–Crippen LogP) is -3.17. The maximum absolute atomic E-state index is 10.4. The number of carboxylic acids is 1. The fraction of sp³-hybridized carbons (Fsp3) is 0.857. The Kier molecular flexibility index (Phi) is 10.8. The number of nitrogens with one attached hydrogen (secondary N) is 1. The molecule has 0 fully saturated rings. The van der Waals surface area contributed by atoms with Crippen molar-refractivity contribution in [2.75, 3.05) is 25.5 Å². The van der Waals surface area contributed by atoms with Gasteiger partial charge < -0.3 is 22.4 Å². The first-order chi connectivity index (χ1) is 5.56. The molecule has 0 spiro atoms.